The molecule has 0 bridgehead atoms. The molecule has 9 heteroatoms. The van der Waals surface area contributed by atoms with Gasteiger partial charge in [0.15, 0.2) is 5.65 Å². The van der Waals surface area contributed by atoms with Gasteiger partial charge in [-0.1, -0.05) is 18.6 Å². The number of hydrogen-bond acceptors (Lipinski definition) is 5. The van der Waals surface area contributed by atoms with Gasteiger partial charge < -0.3 is 15.2 Å². The van der Waals surface area contributed by atoms with Crippen LogP contribution in [-0.2, 0) is 17.8 Å². The Balaban J connectivity index is 1.24. The molecule has 2 N–H and O–H groups in total. The molecule has 0 radical (unpaired) electrons. The monoisotopic (exact) mass is 494 g/mol. The van der Waals surface area contributed by atoms with E-state index in [4.69, 9.17) is 4.98 Å². The predicted octanol–water partition coefficient (Wildman–Crippen LogP) is 4.32. The van der Waals surface area contributed by atoms with Crippen LogP contribution in [0.1, 0.15) is 51.5 Å². The number of amides is 3. The molecule has 186 valence electrons. The topological polar surface area (TPSA) is 109 Å². The average Bonchev–Trinajstić information content (AvgIpc) is 3.07. The lowest BCUT2D eigenvalue weighted by Gasteiger charge is -2.29. The first-order chi connectivity index (χ1) is 18.0. The second kappa shape index (κ2) is 9.16. The summed E-state index contributed by atoms with van der Waals surface area (Å²) in [4.78, 5) is 49.6. The van der Waals surface area contributed by atoms with E-state index in [2.05, 4.69) is 20.2 Å². The number of carbonyl (C=O) groups excluding carboxylic acids is 3. The summed E-state index contributed by atoms with van der Waals surface area (Å²) in [5, 5.41) is 5.72. The molecule has 0 unspecified atom stereocenters. The first-order valence-corrected chi connectivity index (χ1v) is 12.5. The zero-order valence-electron chi connectivity index (χ0n) is 20.5. The van der Waals surface area contributed by atoms with E-state index in [1.165, 1.54) is 11.3 Å². The van der Waals surface area contributed by atoms with E-state index < -0.39 is 0 Å². The van der Waals surface area contributed by atoms with Crippen molar-refractivity contribution in [1.82, 2.24) is 14.5 Å². The molecule has 4 heterocycles. The largest absolute Gasteiger partial charge is 0.323 e. The Hall–Kier alpha value is -4.53. The molecule has 0 fully saturated rings. The molecule has 9 nitrogen and oxygen atoms in total. The van der Waals surface area contributed by atoms with Crippen LogP contribution in [0.15, 0.2) is 54.6 Å². The van der Waals surface area contributed by atoms with Crippen LogP contribution in [0.4, 0.5) is 17.1 Å². The van der Waals surface area contributed by atoms with Crippen LogP contribution in [0.3, 0.4) is 0 Å². The maximum Gasteiger partial charge on any atom is 0.258 e. The lowest BCUT2D eigenvalue weighted by Crippen LogP contribution is -2.42. The van der Waals surface area contributed by atoms with Crippen molar-refractivity contribution in [3.8, 4) is 0 Å². The van der Waals surface area contributed by atoms with Gasteiger partial charge in [-0.15, -0.1) is 0 Å². The Labute approximate surface area is 213 Å². The third-order valence-corrected chi connectivity index (χ3v) is 6.84. The minimum atomic E-state index is -0.286. The second-order valence-corrected chi connectivity index (χ2v) is 9.46. The van der Waals surface area contributed by atoms with Gasteiger partial charge in [0.1, 0.15) is 17.9 Å². The normalized spacial score (nSPS) is 14.9. The maximum atomic E-state index is 13.3. The Kier molecular flexibility index (Phi) is 5.67. The summed E-state index contributed by atoms with van der Waals surface area (Å²) >= 11 is 0. The number of aromatic nitrogens is 3. The molecule has 0 saturated carbocycles. The number of para-hydroxylation sites is 2. The molecule has 0 saturated heterocycles. The number of rotatable bonds is 3. The van der Waals surface area contributed by atoms with Crippen molar-refractivity contribution in [1.29, 1.82) is 0 Å². The highest BCUT2D eigenvalue weighted by Crippen LogP contribution is 2.30. The molecule has 6 rings (SSSR count). The van der Waals surface area contributed by atoms with Gasteiger partial charge in [-0.05, 0) is 62.2 Å². The summed E-state index contributed by atoms with van der Waals surface area (Å²) in [6, 6.07) is 15.6. The number of carbonyl (C=O) groups is 3. The highest BCUT2D eigenvalue weighted by atomic mass is 16.2. The van der Waals surface area contributed by atoms with Gasteiger partial charge >= 0.3 is 0 Å². The summed E-state index contributed by atoms with van der Waals surface area (Å²) in [6.07, 6.45) is 4.21. The summed E-state index contributed by atoms with van der Waals surface area (Å²) in [5.74, 6) is 0.178. The van der Waals surface area contributed by atoms with Gasteiger partial charge in [-0.2, -0.15) is 0 Å². The molecule has 2 aromatic heterocycles. The standard InChI is InChI=1S/C28H26N6O3/c1-17-15-20(25-26(29-17)33-14-6-2-3-9-23(33)32-25)27(36)30-19-12-10-18(11-13-19)28(37)34-16-24(35)31-21-7-4-5-8-22(21)34/h4-5,7-8,10-13,15H,2-3,6,9,14,16H2,1H3,(H,30,36)(H,31,35). The Morgan fingerprint density at radius 1 is 1.00 bits per heavy atom. The molecular weight excluding hydrogens is 468 g/mol. The van der Waals surface area contributed by atoms with E-state index in [9.17, 15) is 14.4 Å². The summed E-state index contributed by atoms with van der Waals surface area (Å²) in [5.41, 5.74) is 4.86. The molecule has 0 atom stereocenters. The molecule has 2 aliphatic rings. The Bertz CT molecular complexity index is 1560. The van der Waals surface area contributed by atoms with Gasteiger partial charge in [0.05, 0.1) is 16.9 Å². The average molecular weight is 495 g/mol. The molecule has 0 aliphatic carbocycles. The van der Waals surface area contributed by atoms with Crippen LogP contribution in [0.25, 0.3) is 11.2 Å². The van der Waals surface area contributed by atoms with Crippen LogP contribution in [0.5, 0.6) is 0 Å². The number of imidazole rings is 1. The van der Waals surface area contributed by atoms with Gasteiger partial charge in [0, 0.05) is 29.9 Å². The lowest BCUT2D eigenvalue weighted by atomic mass is 10.1. The van der Waals surface area contributed by atoms with E-state index in [1.807, 2.05) is 19.1 Å². The summed E-state index contributed by atoms with van der Waals surface area (Å²) in [7, 11) is 0. The fourth-order valence-corrected chi connectivity index (χ4v) is 5.05. The van der Waals surface area contributed by atoms with Crippen LogP contribution >= 0.6 is 0 Å². The highest BCUT2D eigenvalue weighted by molar-refractivity contribution is 6.15. The van der Waals surface area contributed by atoms with Crippen molar-refractivity contribution in [2.24, 2.45) is 0 Å². The molecule has 3 amide bonds. The number of benzene rings is 2. The molecular formula is C28H26N6O3. The van der Waals surface area contributed by atoms with Crippen molar-refractivity contribution >= 4 is 45.9 Å². The molecule has 37 heavy (non-hydrogen) atoms. The summed E-state index contributed by atoms with van der Waals surface area (Å²) < 4.78 is 2.14. The first-order valence-electron chi connectivity index (χ1n) is 12.5. The number of hydrogen-bond donors (Lipinski definition) is 2. The van der Waals surface area contributed by atoms with Crippen LogP contribution in [0, 0.1) is 6.92 Å². The van der Waals surface area contributed by atoms with Crippen molar-refractivity contribution in [2.45, 2.75) is 39.2 Å². The van der Waals surface area contributed by atoms with Gasteiger partial charge in [0.2, 0.25) is 5.91 Å². The third-order valence-electron chi connectivity index (χ3n) is 6.84. The fourth-order valence-electron chi connectivity index (χ4n) is 5.05. The molecule has 0 spiro atoms. The molecule has 2 aliphatic heterocycles. The number of nitrogens with zero attached hydrogens (tertiary/aromatic N) is 4. The zero-order chi connectivity index (χ0) is 25.5. The van der Waals surface area contributed by atoms with Crippen molar-refractivity contribution in [3.63, 3.8) is 0 Å². The zero-order valence-corrected chi connectivity index (χ0v) is 20.5. The van der Waals surface area contributed by atoms with E-state index in [1.54, 1.807) is 42.5 Å². The predicted molar refractivity (Wildman–Crippen MR) is 141 cm³/mol. The highest BCUT2D eigenvalue weighted by Gasteiger charge is 2.27. The van der Waals surface area contributed by atoms with Crippen molar-refractivity contribution in [2.75, 3.05) is 22.1 Å². The number of nitrogens with one attached hydrogen (secondary N) is 2. The molecule has 4 aromatic rings. The van der Waals surface area contributed by atoms with E-state index in [0.29, 0.717) is 33.7 Å². The van der Waals surface area contributed by atoms with Crippen molar-refractivity contribution < 1.29 is 14.4 Å². The molecule has 2 aromatic carbocycles. The minimum absolute atomic E-state index is 0.0552. The van der Waals surface area contributed by atoms with E-state index in [-0.39, 0.29) is 24.3 Å². The van der Waals surface area contributed by atoms with E-state index >= 15 is 0 Å². The van der Waals surface area contributed by atoms with Gasteiger partial charge in [0.25, 0.3) is 11.8 Å². The van der Waals surface area contributed by atoms with Crippen molar-refractivity contribution in [3.05, 3.63) is 77.2 Å². The SMILES string of the molecule is Cc1cc(C(=O)Nc2ccc(C(=O)N3CC(=O)Nc4ccccc43)cc2)c2nc3n(c2n1)CCCCC3. The Morgan fingerprint density at radius 2 is 1.81 bits per heavy atom. The maximum absolute atomic E-state index is 13.3. The number of pyridine rings is 1. The number of fused-ring (bicyclic) bond motifs is 4. The van der Waals surface area contributed by atoms with Crippen LogP contribution in [-0.4, -0.2) is 38.8 Å². The van der Waals surface area contributed by atoms with Crippen LogP contribution < -0.4 is 15.5 Å². The first kappa shape index (κ1) is 22.9. The minimum Gasteiger partial charge on any atom is -0.323 e. The van der Waals surface area contributed by atoms with Gasteiger partial charge in [-0.3, -0.25) is 19.3 Å². The van der Waals surface area contributed by atoms with Gasteiger partial charge in [-0.25, -0.2) is 9.97 Å². The number of anilines is 3. The van der Waals surface area contributed by atoms with Crippen LogP contribution in [0.2, 0.25) is 0 Å². The lowest BCUT2D eigenvalue weighted by molar-refractivity contribution is -0.115. The smallest absolute Gasteiger partial charge is 0.258 e. The fraction of sp³-hybridized carbons (Fsp3) is 0.250. The Morgan fingerprint density at radius 3 is 2.65 bits per heavy atom. The third kappa shape index (κ3) is 4.22. The van der Waals surface area contributed by atoms with E-state index in [0.717, 1.165) is 43.0 Å². The quantitative estimate of drug-likeness (QED) is 0.441. The second-order valence-electron chi connectivity index (χ2n) is 9.46. The summed E-state index contributed by atoms with van der Waals surface area (Å²) in [6.45, 7) is 2.69. The number of aryl methyl sites for hydroxylation is 3.